The molecule has 1 N–H and O–H groups in total. The molecule has 0 aliphatic rings. The normalized spacial score (nSPS) is 12.2. The van der Waals surface area contributed by atoms with E-state index in [9.17, 15) is 27.1 Å². The highest BCUT2D eigenvalue weighted by molar-refractivity contribution is 5.64. The number of rotatable bonds is 4. The Morgan fingerprint density at radius 2 is 1.23 bits per heavy atom. The van der Waals surface area contributed by atoms with Crippen molar-refractivity contribution in [2.75, 3.05) is 6.61 Å². The van der Waals surface area contributed by atoms with Crippen LogP contribution in [0, 0.1) is 0 Å². The number of ether oxygens (including phenoxy) is 1. The molecule has 2 aromatic carbocycles. The molecule has 0 saturated carbocycles. The van der Waals surface area contributed by atoms with E-state index in [1.807, 2.05) is 0 Å². The molecule has 0 unspecified atom stereocenters. The predicted octanol–water partition coefficient (Wildman–Crippen LogP) is 4.64. The van der Waals surface area contributed by atoms with E-state index < -0.39 is 18.7 Å². The van der Waals surface area contributed by atoms with Crippen LogP contribution in [0.15, 0.2) is 48.5 Å². The fourth-order valence-corrected chi connectivity index (χ4v) is 1.65. The van der Waals surface area contributed by atoms with E-state index in [-0.39, 0.29) is 11.5 Å². The van der Waals surface area contributed by atoms with E-state index in [2.05, 4.69) is 4.74 Å². The van der Waals surface area contributed by atoms with E-state index in [4.69, 9.17) is 0 Å². The monoisotopic (exact) mass is 318 g/mol. The molecule has 0 amide bonds. The van der Waals surface area contributed by atoms with Crippen LogP contribution in [-0.2, 0) is 0 Å². The minimum atomic E-state index is -5.64. The number of phenolic OH excluding ortho intramolecular Hbond substituents is 1. The van der Waals surface area contributed by atoms with Crippen molar-refractivity contribution in [1.29, 1.82) is 0 Å². The standard InChI is InChI=1S/C15H11F5O2/c16-14(17,15(18,19)20)9-22-13-7-3-11(4-8-13)10-1-5-12(21)6-2-10/h1-8,21H,9H2. The molecule has 0 spiro atoms. The van der Waals surface area contributed by atoms with Gasteiger partial charge in [-0.3, -0.25) is 0 Å². The van der Waals surface area contributed by atoms with Crippen molar-refractivity contribution in [2.45, 2.75) is 12.1 Å². The number of alkyl halides is 5. The minimum Gasteiger partial charge on any atom is -0.508 e. The van der Waals surface area contributed by atoms with E-state index in [1.54, 1.807) is 12.1 Å². The number of phenols is 1. The first-order valence-electron chi connectivity index (χ1n) is 6.16. The maximum Gasteiger partial charge on any atom is 0.456 e. The van der Waals surface area contributed by atoms with Gasteiger partial charge >= 0.3 is 12.1 Å². The summed E-state index contributed by atoms with van der Waals surface area (Å²) < 4.78 is 66.0. The van der Waals surface area contributed by atoms with Crippen LogP contribution in [0.1, 0.15) is 0 Å². The summed E-state index contributed by atoms with van der Waals surface area (Å²) in [6.45, 7) is -1.77. The van der Waals surface area contributed by atoms with Crippen molar-refractivity contribution in [3.05, 3.63) is 48.5 Å². The second kappa shape index (κ2) is 5.82. The predicted molar refractivity (Wildman–Crippen MR) is 70.0 cm³/mol. The summed E-state index contributed by atoms with van der Waals surface area (Å²) in [5.41, 5.74) is 1.46. The highest BCUT2D eigenvalue weighted by atomic mass is 19.4. The average molecular weight is 318 g/mol. The Hall–Kier alpha value is -2.31. The van der Waals surface area contributed by atoms with E-state index in [1.165, 1.54) is 36.4 Å². The Morgan fingerprint density at radius 3 is 1.68 bits per heavy atom. The molecule has 7 heteroatoms. The van der Waals surface area contributed by atoms with E-state index >= 15 is 0 Å². The zero-order chi connectivity index (χ0) is 16.4. The summed E-state index contributed by atoms with van der Waals surface area (Å²) in [6.07, 6.45) is -5.64. The highest BCUT2D eigenvalue weighted by Gasteiger charge is 2.58. The lowest BCUT2D eigenvalue weighted by atomic mass is 10.1. The molecule has 0 aromatic heterocycles. The molecule has 0 aliphatic heterocycles. The van der Waals surface area contributed by atoms with Gasteiger partial charge < -0.3 is 9.84 Å². The van der Waals surface area contributed by atoms with Crippen molar-refractivity contribution in [2.24, 2.45) is 0 Å². The first kappa shape index (κ1) is 16.1. The van der Waals surface area contributed by atoms with Crippen LogP contribution in [0.3, 0.4) is 0 Å². The Kier molecular flexibility index (Phi) is 4.25. The lowest BCUT2D eigenvalue weighted by Gasteiger charge is -2.19. The Labute approximate surface area is 122 Å². The van der Waals surface area contributed by atoms with Gasteiger partial charge in [-0.25, -0.2) is 0 Å². The third-order valence-electron chi connectivity index (χ3n) is 2.89. The fourth-order valence-electron chi connectivity index (χ4n) is 1.65. The van der Waals surface area contributed by atoms with Gasteiger partial charge in [0.15, 0.2) is 6.61 Å². The zero-order valence-electron chi connectivity index (χ0n) is 11.1. The molecular weight excluding hydrogens is 307 g/mol. The molecular formula is C15H11F5O2. The van der Waals surface area contributed by atoms with Gasteiger partial charge in [0.25, 0.3) is 0 Å². The fraction of sp³-hybridized carbons (Fsp3) is 0.200. The summed E-state index contributed by atoms with van der Waals surface area (Å²) in [4.78, 5) is 0. The summed E-state index contributed by atoms with van der Waals surface area (Å²) >= 11 is 0. The van der Waals surface area contributed by atoms with Crippen molar-refractivity contribution in [3.8, 4) is 22.6 Å². The quantitative estimate of drug-likeness (QED) is 0.833. The largest absolute Gasteiger partial charge is 0.508 e. The Bertz CT molecular complexity index is 618. The van der Waals surface area contributed by atoms with Gasteiger partial charge in [0.05, 0.1) is 0 Å². The second-order valence-corrected chi connectivity index (χ2v) is 4.56. The molecule has 0 atom stereocenters. The van der Waals surface area contributed by atoms with Gasteiger partial charge in [0.1, 0.15) is 11.5 Å². The van der Waals surface area contributed by atoms with E-state index in [0.29, 0.717) is 5.56 Å². The summed E-state index contributed by atoms with van der Waals surface area (Å²) in [5, 5.41) is 9.18. The van der Waals surface area contributed by atoms with Crippen LogP contribution in [0.5, 0.6) is 11.5 Å². The molecule has 0 saturated heterocycles. The van der Waals surface area contributed by atoms with Crippen LogP contribution in [0.4, 0.5) is 22.0 Å². The van der Waals surface area contributed by atoms with Crippen LogP contribution >= 0.6 is 0 Å². The van der Waals surface area contributed by atoms with Gasteiger partial charge in [-0.05, 0) is 35.4 Å². The lowest BCUT2D eigenvalue weighted by molar-refractivity contribution is -0.290. The third kappa shape index (κ3) is 3.66. The Balaban J connectivity index is 2.05. The Morgan fingerprint density at radius 1 is 0.773 bits per heavy atom. The smallest absolute Gasteiger partial charge is 0.456 e. The molecule has 2 rings (SSSR count). The molecule has 2 aromatic rings. The van der Waals surface area contributed by atoms with Crippen LogP contribution in [0.2, 0.25) is 0 Å². The molecule has 118 valence electrons. The minimum absolute atomic E-state index is 0.0912. The summed E-state index contributed by atoms with van der Waals surface area (Å²) in [7, 11) is 0. The average Bonchev–Trinajstić information content (AvgIpc) is 2.45. The topological polar surface area (TPSA) is 29.5 Å². The molecule has 0 radical (unpaired) electrons. The first-order valence-corrected chi connectivity index (χ1v) is 6.16. The van der Waals surface area contributed by atoms with Crippen molar-refractivity contribution < 1.29 is 31.8 Å². The number of aromatic hydroxyl groups is 1. The van der Waals surface area contributed by atoms with Gasteiger partial charge in [0, 0.05) is 0 Å². The number of hydrogen-bond acceptors (Lipinski definition) is 2. The van der Waals surface area contributed by atoms with Crippen molar-refractivity contribution in [1.82, 2.24) is 0 Å². The van der Waals surface area contributed by atoms with Gasteiger partial charge in [0.2, 0.25) is 0 Å². The lowest BCUT2D eigenvalue weighted by Crippen LogP contribution is -2.41. The van der Waals surface area contributed by atoms with Crippen LogP contribution < -0.4 is 4.74 Å². The molecule has 22 heavy (non-hydrogen) atoms. The van der Waals surface area contributed by atoms with Gasteiger partial charge in [-0.2, -0.15) is 22.0 Å². The second-order valence-electron chi connectivity index (χ2n) is 4.56. The maximum absolute atomic E-state index is 12.7. The molecule has 0 aliphatic carbocycles. The summed E-state index contributed by atoms with van der Waals surface area (Å²) in [5.74, 6) is -4.90. The van der Waals surface area contributed by atoms with E-state index in [0.717, 1.165) is 5.56 Å². The van der Waals surface area contributed by atoms with Crippen molar-refractivity contribution in [3.63, 3.8) is 0 Å². The molecule has 2 nitrogen and oxygen atoms in total. The third-order valence-corrected chi connectivity index (χ3v) is 2.89. The molecule has 0 bridgehead atoms. The van der Waals surface area contributed by atoms with Gasteiger partial charge in [-0.15, -0.1) is 0 Å². The molecule has 0 heterocycles. The summed E-state index contributed by atoms with van der Waals surface area (Å²) in [6, 6.07) is 11.9. The number of hydrogen-bond donors (Lipinski definition) is 1. The van der Waals surface area contributed by atoms with Gasteiger partial charge in [-0.1, -0.05) is 24.3 Å². The number of benzene rings is 2. The van der Waals surface area contributed by atoms with Crippen molar-refractivity contribution >= 4 is 0 Å². The van der Waals surface area contributed by atoms with Crippen LogP contribution in [-0.4, -0.2) is 23.8 Å². The SMILES string of the molecule is Oc1ccc(-c2ccc(OCC(F)(F)C(F)(F)F)cc2)cc1. The zero-order valence-corrected chi connectivity index (χ0v) is 11.1. The number of halogens is 5. The van der Waals surface area contributed by atoms with Crippen LogP contribution in [0.25, 0.3) is 11.1 Å². The first-order chi connectivity index (χ1) is 10.2. The molecule has 0 fully saturated rings. The maximum atomic E-state index is 12.7. The highest BCUT2D eigenvalue weighted by Crippen LogP contribution is 2.36.